The van der Waals surface area contributed by atoms with Crippen molar-refractivity contribution in [1.82, 2.24) is 10.9 Å². The van der Waals surface area contributed by atoms with E-state index in [1.54, 1.807) is 0 Å². The Morgan fingerprint density at radius 2 is 1.89 bits per heavy atom. The maximum absolute atomic E-state index is 11.6. The van der Waals surface area contributed by atoms with Crippen LogP contribution in [0.5, 0.6) is 11.5 Å². The Bertz CT molecular complexity index is 473. The van der Waals surface area contributed by atoms with Crippen LogP contribution in [0.4, 0.5) is 4.79 Å². The van der Waals surface area contributed by atoms with Gasteiger partial charge in [0.25, 0.3) is 5.91 Å². The zero-order chi connectivity index (χ0) is 14.4. The average Bonchev–Trinajstić information content (AvgIpc) is 2.36. The van der Waals surface area contributed by atoms with Gasteiger partial charge < -0.3 is 14.9 Å². The van der Waals surface area contributed by atoms with Gasteiger partial charge in [-0.15, -0.1) is 0 Å². The summed E-state index contributed by atoms with van der Waals surface area (Å²) in [6.07, 6.45) is -0.773. The van der Waals surface area contributed by atoms with Gasteiger partial charge in [-0.3, -0.25) is 10.2 Å². The Kier molecular flexibility index (Phi) is 4.99. The van der Waals surface area contributed by atoms with E-state index in [4.69, 9.17) is 9.84 Å². The number of amides is 2. The Labute approximate surface area is 110 Å². The Morgan fingerprint density at radius 1 is 1.21 bits per heavy atom. The Morgan fingerprint density at radius 3 is 2.47 bits per heavy atom. The first-order valence-electron chi connectivity index (χ1n) is 5.65. The largest absolute Gasteiger partial charge is 0.504 e. The fraction of sp³-hybridized carbons (Fsp3) is 0.333. The summed E-state index contributed by atoms with van der Waals surface area (Å²) in [5.41, 5.74) is 4.26. The third-order valence-corrected chi connectivity index (χ3v) is 2.06. The molecule has 1 rings (SSSR count). The third kappa shape index (κ3) is 4.74. The van der Waals surface area contributed by atoms with Crippen molar-refractivity contribution in [3.8, 4) is 11.5 Å². The molecule has 0 spiro atoms. The number of phenols is 2. The molecule has 0 fully saturated rings. The number of ether oxygens (including phenoxy) is 1. The molecule has 4 N–H and O–H groups in total. The molecule has 2 amide bonds. The van der Waals surface area contributed by atoms with E-state index in [2.05, 4.69) is 10.9 Å². The van der Waals surface area contributed by atoms with Gasteiger partial charge in [0.05, 0.1) is 6.61 Å². The van der Waals surface area contributed by atoms with Crippen molar-refractivity contribution in [3.05, 3.63) is 23.8 Å². The lowest BCUT2D eigenvalue weighted by Crippen LogP contribution is -2.42. The molecule has 0 aliphatic rings. The fourth-order valence-electron chi connectivity index (χ4n) is 1.12. The summed E-state index contributed by atoms with van der Waals surface area (Å²) in [4.78, 5) is 22.7. The summed E-state index contributed by atoms with van der Waals surface area (Å²) in [6.45, 7) is 4.00. The first-order valence-corrected chi connectivity index (χ1v) is 5.65. The summed E-state index contributed by atoms with van der Waals surface area (Å²) in [5, 5.41) is 18.3. The number of benzene rings is 1. The Balaban J connectivity index is 2.47. The van der Waals surface area contributed by atoms with Gasteiger partial charge in [0.1, 0.15) is 0 Å². The van der Waals surface area contributed by atoms with E-state index in [9.17, 15) is 14.7 Å². The van der Waals surface area contributed by atoms with Crippen LogP contribution < -0.4 is 10.9 Å². The zero-order valence-corrected chi connectivity index (χ0v) is 10.6. The number of hydrazine groups is 1. The second-order valence-corrected chi connectivity index (χ2v) is 4.27. The maximum Gasteiger partial charge on any atom is 0.426 e. The van der Waals surface area contributed by atoms with E-state index in [0.29, 0.717) is 0 Å². The molecule has 19 heavy (non-hydrogen) atoms. The number of hydrogen-bond donors (Lipinski definition) is 4. The number of nitrogens with one attached hydrogen (secondary N) is 2. The van der Waals surface area contributed by atoms with E-state index in [0.717, 1.165) is 6.07 Å². The molecule has 104 valence electrons. The monoisotopic (exact) mass is 268 g/mol. The minimum absolute atomic E-state index is 0.0828. The number of phenolic OH excluding ortho intramolecular Hbond substituents is 2. The molecule has 0 aromatic heterocycles. The van der Waals surface area contributed by atoms with Gasteiger partial charge in [0, 0.05) is 5.56 Å². The summed E-state index contributed by atoms with van der Waals surface area (Å²) >= 11 is 0. The molecule has 7 heteroatoms. The van der Waals surface area contributed by atoms with Crippen molar-refractivity contribution in [1.29, 1.82) is 0 Å². The van der Waals surface area contributed by atoms with Crippen LogP contribution in [0.25, 0.3) is 0 Å². The smallest absolute Gasteiger partial charge is 0.426 e. The highest BCUT2D eigenvalue weighted by Gasteiger charge is 2.10. The summed E-state index contributed by atoms with van der Waals surface area (Å²) in [7, 11) is 0. The molecule has 0 unspecified atom stereocenters. The lowest BCUT2D eigenvalue weighted by Gasteiger charge is -2.10. The number of rotatable bonds is 3. The van der Waals surface area contributed by atoms with Gasteiger partial charge in [-0.05, 0) is 24.1 Å². The topological polar surface area (TPSA) is 108 Å². The standard InChI is InChI=1S/C12H16N2O5/c1-7(2)6-19-12(18)14-13-11(17)8-3-4-9(15)10(16)5-8/h3-5,7,15-16H,6H2,1-2H3,(H,13,17)(H,14,18). The normalized spacial score (nSPS) is 10.1. The first-order chi connectivity index (χ1) is 8.90. The van der Waals surface area contributed by atoms with Crippen molar-refractivity contribution >= 4 is 12.0 Å². The molecule has 0 radical (unpaired) electrons. The number of hydrogen-bond acceptors (Lipinski definition) is 5. The summed E-state index contributed by atoms with van der Waals surface area (Å²) in [6, 6.07) is 3.54. The molecular formula is C12H16N2O5. The SMILES string of the molecule is CC(C)COC(=O)NNC(=O)c1ccc(O)c(O)c1. The van der Waals surface area contributed by atoms with E-state index < -0.39 is 17.7 Å². The maximum atomic E-state index is 11.6. The van der Waals surface area contributed by atoms with Gasteiger partial charge in [-0.2, -0.15) is 0 Å². The highest BCUT2D eigenvalue weighted by atomic mass is 16.6. The Hall–Kier alpha value is -2.44. The van der Waals surface area contributed by atoms with Crippen molar-refractivity contribution in [3.63, 3.8) is 0 Å². The third-order valence-electron chi connectivity index (χ3n) is 2.06. The molecule has 0 heterocycles. The van der Waals surface area contributed by atoms with Gasteiger partial charge in [0.15, 0.2) is 11.5 Å². The van der Waals surface area contributed by atoms with E-state index in [1.165, 1.54) is 12.1 Å². The molecule has 1 aromatic rings. The minimum Gasteiger partial charge on any atom is -0.504 e. The van der Waals surface area contributed by atoms with Gasteiger partial charge in [-0.25, -0.2) is 10.2 Å². The molecule has 0 bridgehead atoms. The predicted molar refractivity (Wildman–Crippen MR) is 66.6 cm³/mol. The van der Waals surface area contributed by atoms with Crippen molar-refractivity contribution < 1.29 is 24.5 Å². The van der Waals surface area contributed by atoms with Crippen LogP contribution in [0.15, 0.2) is 18.2 Å². The van der Waals surface area contributed by atoms with Gasteiger partial charge in [-0.1, -0.05) is 13.8 Å². The van der Waals surface area contributed by atoms with Crippen molar-refractivity contribution in [2.45, 2.75) is 13.8 Å². The number of carbonyl (C=O) groups is 2. The number of carbonyl (C=O) groups excluding carboxylic acids is 2. The quantitative estimate of drug-likeness (QED) is 0.485. The van der Waals surface area contributed by atoms with Gasteiger partial charge in [0.2, 0.25) is 0 Å². The van der Waals surface area contributed by atoms with Crippen LogP contribution >= 0.6 is 0 Å². The van der Waals surface area contributed by atoms with Crippen LogP contribution in [0.3, 0.4) is 0 Å². The van der Waals surface area contributed by atoms with Crippen LogP contribution in [0, 0.1) is 5.92 Å². The molecule has 0 saturated heterocycles. The zero-order valence-electron chi connectivity index (χ0n) is 10.6. The van der Waals surface area contributed by atoms with Crippen LogP contribution in [0.1, 0.15) is 24.2 Å². The summed E-state index contributed by atoms with van der Waals surface area (Å²) < 4.78 is 4.78. The highest BCUT2D eigenvalue weighted by Crippen LogP contribution is 2.24. The summed E-state index contributed by atoms with van der Waals surface area (Å²) in [5.74, 6) is -1.21. The molecule has 0 saturated carbocycles. The number of aromatic hydroxyl groups is 2. The predicted octanol–water partition coefficient (Wildman–Crippen LogP) is 1.12. The second-order valence-electron chi connectivity index (χ2n) is 4.27. The van der Waals surface area contributed by atoms with E-state index in [-0.39, 0.29) is 23.8 Å². The first kappa shape index (κ1) is 14.6. The molecule has 7 nitrogen and oxygen atoms in total. The highest BCUT2D eigenvalue weighted by molar-refractivity contribution is 5.95. The van der Waals surface area contributed by atoms with Gasteiger partial charge >= 0.3 is 6.09 Å². The van der Waals surface area contributed by atoms with E-state index in [1.807, 2.05) is 13.8 Å². The molecular weight excluding hydrogens is 252 g/mol. The molecule has 0 aliphatic heterocycles. The van der Waals surface area contributed by atoms with Crippen LogP contribution in [-0.4, -0.2) is 28.8 Å². The van der Waals surface area contributed by atoms with E-state index >= 15 is 0 Å². The fourth-order valence-corrected chi connectivity index (χ4v) is 1.12. The molecule has 1 aromatic carbocycles. The average molecular weight is 268 g/mol. The lowest BCUT2D eigenvalue weighted by atomic mass is 10.2. The minimum atomic E-state index is -0.773. The second kappa shape index (κ2) is 6.48. The van der Waals surface area contributed by atoms with Crippen molar-refractivity contribution in [2.75, 3.05) is 6.61 Å². The molecule has 0 aliphatic carbocycles. The van der Waals surface area contributed by atoms with Crippen LogP contribution in [-0.2, 0) is 4.74 Å². The molecule has 0 atom stereocenters. The lowest BCUT2D eigenvalue weighted by molar-refractivity contribution is 0.0900. The van der Waals surface area contributed by atoms with Crippen LogP contribution in [0.2, 0.25) is 0 Å². The van der Waals surface area contributed by atoms with Crippen molar-refractivity contribution in [2.24, 2.45) is 5.92 Å².